The number of rotatable bonds is 6. The van der Waals surface area contributed by atoms with Gasteiger partial charge < -0.3 is 4.98 Å². The number of alkyl halides is 1. The first-order valence-electron chi connectivity index (χ1n) is 10.7. The summed E-state index contributed by atoms with van der Waals surface area (Å²) in [5.74, 6) is 0.0212. The van der Waals surface area contributed by atoms with Gasteiger partial charge >= 0.3 is 0 Å². The Labute approximate surface area is 177 Å². The highest BCUT2D eigenvalue weighted by Crippen LogP contribution is 2.41. The molecule has 0 radical (unpaired) electrons. The lowest BCUT2D eigenvalue weighted by Crippen LogP contribution is -2.45. The van der Waals surface area contributed by atoms with E-state index < -0.39 is 0 Å². The van der Waals surface area contributed by atoms with Gasteiger partial charge in [-0.3, -0.25) is 14.1 Å². The molecule has 0 aliphatic carbocycles. The van der Waals surface area contributed by atoms with Gasteiger partial charge in [0.2, 0.25) is 0 Å². The van der Waals surface area contributed by atoms with Crippen molar-refractivity contribution in [1.82, 2.24) is 9.88 Å². The van der Waals surface area contributed by atoms with Gasteiger partial charge in [0, 0.05) is 29.2 Å². The normalized spacial score (nSPS) is 20.5. The first-order chi connectivity index (χ1) is 14.5. The van der Waals surface area contributed by atoms with E-state index in [1.54, 1.807) is 13.0 Å². The zero-order valence-electron chi connectivity index (χ0n) is 17.9. The van der Waals surface area contributed by atoms with E-state index in [0.29, 0.717) is 12.6 Å². The molecule has 0 spiro atoms. The summed E-state index contributed by atoms with van der Waals surface area (Å²) in [5.41, 5.74) is 5.92. The van der Waals surface area contributed by atoms with Gasteiger partial charge in [0.1, 0.15) is 0 Å². The van der Waals surface area contributed by atoms with Gasteiger partial charge in [0.15, 0.2) is 5.78 Å². The minimum atomic E-state index is -0.315. The van der Waals surface area contributed by atoms with Crippen molar-refractivity contribution in [3.63, 3.8) is 0 Å². The van der Waals surface area contributed by atoms with Crippen molar-refractivity contribution < 1.29 is 9.18 Å². The summed E-state index contributed by atoms with van der Waals surface area (Å²) in [6.07, 6.45) is 4.38. The molecule has 3 unspecified atom stereocenters. The van der Waals surface area contributed by atoms with Crippen LogP contribution in [0.4, 0.5) is 4.39 Å². The molecule has 30 heavy (non-hydrogen) atoms. The molecular weight excluding hydrogens is 375 g/mol. The van der Waals surface area contributed by atoms with E-state index in [-0.39, 0.29) is 24.4 Å². The molecule has 4 rings (SSSR count). The van der Waals surface area contributed by atoms with Crippen LogP contribution in [0.15, 0.2) is 54.6 Å². The fraction of sp³-hybridized carbons (Fsp3) is 0.346. The van der Waals surface area contributed by atoms with E-state index in [1.807, 2.05) is 25.1 Å². The smallest absolute Gasteiger partial charge is 0.152 e. The van der Waals surface area contributed by atoms with Crippen LogP contribution in [0.2, 0.25) is 0 Å². The number of fused-ring (bicyclic) bond motifs is 3. The SMILES string of the molecule is CC(=O)/C=C/c1ccc(C2c3[nH]c4ccccc4c3CC(C)N2CC(C)CF)cc1. The summed E-state index contributed by atoms with van der Waals surface area (Å²) in [6.45, 7) is 6.16. The Morgan fingerprint density at radius 3 is 2.67 bits per heavy atom. The second-order valence-electron chi connectivity index (χ2n) is 8.59. The number of carbonyl (C=O) groups excluding carboxylic acids is 1. The number of nitrogens with one attached hydrogen (secondary N) is 1. The third kappa shape index (κ3) is 3.97. The van der Waals surface area contributed by atoms with Crippen LogP contribution in [0.5, 0.6) is 0 Å². The van der Waals surface area contributed by atoms with E-state index in [4.69, 9.17) is 0 Å². The van der Waals surface area contributed by atoms with Crippen LogP contribution < -0.4 is 0 Å². The number of aromatic nitrogens is 1. The van der Waals surface area contributed by atoms with E-state index >= 15 is 0 Å². The number of para-hydroxylation sites is 1. The molecule has 4 heteroatoms. The van der Waals surface area contributed by atoms with Crippen molar-refractivity contribution >= 4 is 22.8 Å². The Kier molecular flexibility index (Phi) is 5.87. The monoisotopic (exact) mass is 404 g/mol. The number of ketones is 1. The quantitative estimate of drug-likeness (QED) is 0.534. The molecule has 1 N–H and O–H groups in total. The van der Waals surface area contributed by atoms with Crippen molar-refractivity contribution in [2.24, 2.45) is 5.92 Å². The predicted molar refractivity (Wildman–Crippen MR) is 121 cm³/mol. The van der Waals surface area contributed by atoms with Crippen LogP contribution in [0.25, 0.3) is 17.0 Å². The van der Waals surface area contributed by atoms with E-state index in [9.17, 15) is 9.18 Å². The molecule has 0 bridgehead atoms. The van der Waals surface area contributed by atoms with Crippen LogP contribution in [0.1, 0.15) is 49.2 Å². The molecule has 2 aromatic carbocycles. The average molecular weight is 405 g/mol. The fourth-order valence-electron chi connectivity index (χ4n) is 4.56. The molecule has 1 aliphatic heterocycles. The summed E-state index contributed by atoms with van der Waals surface area (Å²) in [7, 11) is 0. The van der Waals surface area contributed by atoms with Crippen molar-refractivity contribution in [2.75, 3.05) is 13.2 Å². The molecule has 0 saturated carbocycles. The van der Waals surface area contributed by atoms with Crippen LogP contribution in [-0.4, -0.2) is 34.9 Å². The first kappa shape index (κ1) is 20.5. The van der Waals surface area contributed by atoms with Gasteiger partial charge in [-0.15, -0.1) is 0 Å². The van der Waals surface area contributed by atoms with Crippen molar-refractivity contribution in [3.05, 3.63) is 77.0 Å². The molecule has 0 amide bonds. The topological polar surface area (TPSA) is 36.1 Å². The Morgan fingerprint density at radius 1 is 1.23 bits per heavy atom. The standard InChI is InChI=1S/C26H29FN2O/c1-17(15-27)16-29-18(2)14-23-22-6-4-5-7-24(22)28-25(23)26(29)21-12-10-20(11-13-21)9-8-19(3)30/h4-13,17-18,26,28H,14-16H2,1-3H3/b9-8+. The number of aromatic amines is 1. The summed E-state index contributed by atoms with van der Waals surface area (Å²) in [6, 6.07) is 17.2. The van der Waals surface area contributed by atoms with Gasteiger partial charge in [0.25, 0.3) is 0 Å². The molecular formula is C26H29FN2O. The number of hydrogen-bond acceptors (Lipinski definition) is 2. The molecule has 0 saturated heterocycles. The molecule has 3 aromatic rings. The van der Waals surface area contributed by atoms with E-state index in [0.717, 1.165) is 17.5 Å². The van der Waals surface area contributed by atoms with E-state index in [2.05, 4.69) is 53.2 Å². The van der Waals surface area contributed by atoms with E-state index in [1.165, 1.54) is 22.2 Å². The number of benzene rings is 2. The Balaban J connectivity index is 1.79. The minimum absolute atomic E-state index is 0.0151. The molecule has 0 fully saturated rings. The summed E-state index contributed by atoms with van der Waals surface area (Å²) in [5, 5.41) is 1.28. The third-order valence-corrected chi connectivity index (χ3v) is 6.07. The van der Waals surface area contributed by atoms with Gasteiger partial charge in [-0.25, -0.2) is 0 Å². The lowest BCUT2D eigenvalue weighted by atomic mass is 9.87. The number of hydrogen-bond donors (Lipinski definition) is 1. The molecule has 1 aromatic heterocycles. The van der Waals surface area contributed by atoms with Crippen molar-refractivity contribution in [2.45, 2.75) is 39.3 Å². The van der Waals surface area contributed by atoms with Gasteiger partial charge in [0.05, 0.1) is 12.7 Å². The van der Waals surface area contributed by atoms with Crippen LogP contribution in [0.3, 0.4) is 0 Å². The lowest BCUT2D eigenvalue weighted by molar-refractivity contribution is -0.112. The third-order valence-electron chi connectivity index (χ3n) is 6.07. The van der Waals surface area contributed by atoms with Gasteiger partial charge in [-0.2, -0.15) is 0 Å². The summed E-state index contributed by atoms with van der Waals surface area (Å²) >= 11 is 0. The highest BCUT2D eigenvalue weighted by molar-refractivity contribution is 5.91. The van der Waals surface area contributed by atoms with Crippen molar-refractivity contribution in [3.8, 4) is 0 Å². The first-order valence-corrected chi connectivity index (χ1v) is 10.7. The molecule has 3 atom stereocenters. The minimum Gasteiger partial charge on any atom is -0.357 e. The molecule has 2 heterocycles. The zero-order chi connectivity index (χ0) is 21.3. The Bertz CT molecular complexity index is 1070. The number of carbonyl (C=O) groups is 1. The zero-order valence-corrected chi connectivity index (χ0v) is 17.9. The Hall–Kier alpha value is -2.72. The number of halogens is 1. The highest BCUT2D eigenvalue weighted by atomic mass is 19.1. The second-order valence-corrected chi connectivity index (χ2v) is 8.59. The maximum atomic E-state index is 13.4. The molecule has 3 nitrogen and oxygen atoms in total. The lowest BCUT2D eigenvalue weighted by Gasteiger charge is -2.42. The summed E-state index contributed by atoms with van der Waals surface area (Å²) in [4.78, 5) is 17.3. The number of H-pyrrole nitrogens is 1. The fourth-order valence-corrected chi connectivity index (χ4v) is 4.56. The average Bonchev–Trinajstić information content (AvgIpc) is 3.11. The molecule has 1 aliphatic rings. The maximum absolute atomic E-state index is 13.4. The highest BCUT2D eigenvalue weighted by Gasteiger charge is 2.36. The Morgan fingerprint density at radius 2 is 1.97 bits per heavy atom. The van der Waals surface area contributed by atoms with Gasteiger partial charge in [-0.05, 0) is 55.0 Å². The van der Waals surface area contributed by atoms with Crippen LogP contribution >= 0.6 is 0 Å². The van der Waals surface area contributed by atoms with Crippen molar-refractivity contribution in [1.29, 1.82) is 0 Å². The van der Waals surface area contributed by atoms with Gasteiger partial charge in [-0.1, -0.05) is 55.5 Å². The number of nitrogens with zero attached hydrogens (tertiary/aromatic N) is 1. The molecule has 156 valence electrons. The predicted octanol–water partition coefficient (Wildman–Crippen LogP) is 5.71. The van der Waals surface area contributed by atoms with Crippen LogP contribution in [-0.2, 0) is 11.2 Å². The summed E-state index contributed by atoms with van der Waals surface area (Å²) < 4.78 is 13.4. The maximum Gasteiger partial charge on any atom is 0.152 e. The second kappa shape index (κ2) is 8.57. The number of allylic oxidation sites excluding steroid dienone is 1. The largest absolute Gasteiger partial charge is 0.357 e. The van der Waals surface area contributed by atoms with Crippen LogP contribution in [0, 0.1) is 5.92 Å².